The highest BCUT2D eigenvalue weighted by Crippen LogP contribution is 2.08. The van der Waals surface area contributed by atoms with Crippen molar-refractivity contribution in [3.05, 3.63) is 0 Å². The Balaban J connectivity index is 4.45. The molecule has 0 saturated heterocycles. The lowest BCUT2D eigenvalue weighted by Crippen LogP contribution is -2.51. The number of carboxylic acids is 1. The first-order chi connectivity index (χ1) is 7.79. The highest BCUT2D eigenvalue weighted by atomic mass is 16.5. The third-order valence-corrected chi connectivity index (χ3v) is 2.88. The largest absolute Gasteiger partial charge is 0.480 e. The average Bonchev–Trinajstić information content (AvgIpc) is 2.25. The van der Waals surface area contributed by atoms with Crippen LogP contribution in [-0.4, -0.2) is 29.1 Å². The Labute approximate surface area is 103 Å². The Morgan fingerprint density at radius 1 is 1.29 bits per heavy atom. The van der Waals surface area contributed by atoms with Crippen LogP contribution in [0.15, 0.2) is 0 Å². The van der Waals surface area contributed by atoms with Crippen molar-refractivity contribution in [1.29, 1.82) is 0 Å². The van der Waals surface area contributed by atoms with Crippen LogP contribution in [0.25, 0.3) is 0 Å². The lowest BCUT2D eigenvalue weighted by molar-refractivity contribution is -0.142. The molecule has 0 aliphatic rings. The molecular weight excluding hydrogens is 227 g/mol. The SMILES string of the molecule is CC[C@H](C)[C@H](N)C(=O)[15NH][13C@@H]([13CH2][13CH]([13CH3])[13CH3])[13C](=O)O. The summed E-state index contributed by atoms with van der Waals surface area (Å²) in [7, 11) is 0. The molecule has 0 aliphatic carbocycles. The number of rotatable bonds is 7. The number of nitrogens with two attached hydrogens (primary N) is 1. The molecular formula is C12H24N2O3. The summed E-state index contributed by atoms with van der Waals surface area (Å²) < 4.78 is 0. The summed E-state index contributed by atoms with van der Waals surface area (Å²) >= 11 is 0. The van der Waals surface area contributed by atoms with Gasteiger partial charge in [0.1, 0.15) is 6.04 Å². The van der Waals surface area contributed by atoms with Crippen LogP contribution in [0.1, 0.15) is 40.5 Å². The van der Waals surface area contributed by atoms with Crippen LogP contribution in [0.2, 0.25) is 0 Å². The summed E-state index contributed by atoms with van der Waals surface area (Å²) in [6.45, 7) is 7.65. The number of carbonyl (C=O) groups is 2. The molecule has 1 amide bonds. The summed E-state index contributed by atoms with van der Waals surface area (Å²) in [6, 6.07) is -1.49. The van der Waals surface area contributed by atoms with Crippen molar-refractivity contribution >= 4 is 11.9 Å². The van der Waals surface area contributed by atoms with E-state index < -0.39 is 18.1 Å². The van der Waals surface area contributed by atoms with Gasteiger partial charge in [-0.3, -0.25) is 4.79 Å². The molecule has 0 aromatic heterocycles. The van der Waals surface area contributed by atoms with Crippen LogP contribution in [0.3, 0.4) is 0 Å². The molecule has 0 heterocycles. The molecule has 3 atom stereocenters. The van der Waals surface area contributed by atoms with Crippen molar-refractivity contribution in [2.45, 2.75) is 52.6 Å². The molecule has 0 unspecified atom stereocenters. The van der Waals surface area contributed by atoms with Crippen LogP contribution in [0.4, 0.5) is 0 Å². The summed E-state index contributed by atoms with van der Waals surface area (Å²) in [4.78, 5) is 22.7. The maximum Gasteiger partial charge on any atom is 0.326 e. The van der Waals surface area contributed by atoms with E-state index in [2.05, 4.69) is 5.32 Å². The Morgan fingerprint density at radius 3 is 2.18 bits per heavy atom. The first-order valence-corrected chi connectivity index (χ1v) is 6.08. The fourth-order valence-corrected chi connectivity index (χ4v) is 1.47. The molecule has 0 fully saturated rings. The maximum absolute atomic E-state index is 11.7. The zero-order chi connectivity index (χ0) is 13.6. The van der Waals surface area contributed by atoms with Gasteiger partial charge in [-0.1, -0.05) is 34.1 Å². The highest BCUT2D eigenvalue weighted by molar-refractivity contribution is 5.86. The molecule has 0 aromatic carbocycles. The van der Waals surface area contributed by atoms with Crippen molar-refractivity contribution in [2.75, 3.05) is 0 Å². The fraction of sp³-hybridized carbons (Fsp3) is 0.833. The van der Waals surface area contributed by atoms with E-state index in [1.165, 1.54) is 0 Å². The topological polar surface area (TPSA) is 92.4 Å². The average molecular weight is 251 g/mol. The second-order valence-electron chi connectivity index (χ2n) is 4.94. The van der Waals surface area contributed by atoms with Crippen molar-refractivity contribution in [1.82, 2.24) is 5.32 Å². The van der Waals surface area contributed by atoms with Gasteiger partial charge in [-0.05, 0) is 18.3 Å². The van der Waals surface area contributed by atoms with E-state index in [-0.39, 0.29) is 17.7 Å². The van der Waals surface area contributed by atoms with Gasteiger partial charge in [0, 0.05) is 0 Å². The Bertz CT molecular complexity index is 266. The van der Waals surface area contributed by atoms with Gasteiger partial charge in [0.05, 0.1) is 6.04 Å². The first kappa shape index (κ1) is 15.9. The molecule has 0 radical (unpaired) electrons. The zero-order valence-electron chi connectivity index (χ0n) is 11.1. The van der Waals surface area contributed by atoms with Gasteiger partial charge in [-0.25, -0.2) is 4.79 Å². The minimum Gasteiger partial charge on any atom is -0.480 e. The lowest BCUT2D eigenvalue weighted by atomic mass is 10.0. The molecule has 0 rings (SSSR count). The van der Waals surface area contributed by atoms with E-state index in [4.69, 9.17) is 10.8 Å². The Kier molecular flexibility index (Phi) is 6.80. The normalized spacial score (nSPS) is 16.4. The molecule has 0 spiro atoms. The monoisotopic (exact) mass is 251 g/mol. The predicted molar refractivity (Wildman–Crippen MR) is 66.5 cm³/mol. The molecule has 100 valence electrons. The van der Waals surface area contributed by atoms with Gasteiger partial charge in [0.2, 0.25) is 5.91 Å². The molecule has 5 heteroatoms. The van der Waals surface area contributed by atoms with E-state index >= 15 is 0 Å². The van der Waals surface area contributed by atoms with Crippen molar-refractivity contribution in [3.63, 3.8) is 0 Å². The number of carbonyl (C=O) groups excluding carboxylic acids is 1. The second kappa shape index (κ2) is 7.27. The first-order valence-electron chi connectivity index (χ1n) is 6.08. The number of amides is 1. The number of hydrogen-bond acceptors (Lipinski definition) is 3. The molecule has 17 heavy (non-hydrogen) atoms. The van der Waals surface area contributed by atoms with Crippen molar-refractivity contribution in [2.24, 2.45) is 17.6 Å². The summed E-state index contributed by atoms with van der Waals surface area (Å²) in [5.74, 6) is -1.14. The molecule has 5 nitrogen and oxygen atoms in total. The van der Waals surface area contributed by atoms with Crippen LogP contribution in [-0.2, 0) is 9.59 Å². The zero-order valence-corrected chi connectivity index (χ0v) is 11.1. The van der Waals surface area contributed by atoms with Crippen LogP contribution in [0, 0.1) is 11.8 Å². The molecule has 4 N–H and O–H groups in total. The third kappa shape index (κ3) is 5.68. The molecule has 0 saturated carbocycles. The van der Waals surface area contributed by atoms with E-state index in [1.807, 2.05) is 27.7 Å². The highest BCUT2D eigenvalue weighted by Gasteiger charge is 2.26. The minimum atomic E-state index is -1.01. The van der Waals surface area contributed by atoms with Gasteiger partial charge < -0.3 is 16.2 Å². The number of carboxylic acid groups (broad SMARTS) is 1. The van der Waals surface area contributed by atoms with Gasteiger partial charge in [-0.15, -0.1) is 0 Å². The van der Waals surface area contributed by atoms with Crippen LogP contribution >= 0.6 is 0 Å². The smallest absolute Gasteiger partial charge is 0.326 e. The Morgan fingerprint density at radius 2 is 1.82 bits per heavy atom. The fourth-order valence-electron chi connectivity index (χ4n) is 1.47. The van der Waals surface area contributed by atoms with Crippen molar-refractivity contribution < 1.29 is 14.7 Å². The minimum absolute atomic E-state index is 0.0449. The molecule has 0 aromatic rings. The second-order valence-corrected chi connectivity index (χ2v) is 4.94. The van der Waals surface area contributed by atoms with Gasteiger partial charge in [0.25, 0.3) is 0 Å². The predicted octanol–water partition coefficient (Wildman–Crippen LogP) is 0.975. The third-order valence-electron chi connectivity index (χ3n) is 2.88. The molecule has 0 bridgehead atoms. The quantitative estimate of drug-likeness (QED) is 0.464. The van der Waals surface area contributed by atoms with E-state index in [1.54, 1.807) is 0 Å². The summed E-state index contributed by atoms with van der Waals surface area (Å²) in [5.41, 5.74) is 5.75. The van der Waals surface area contributed by atoms with E-state index in [9.17, 15) is 9.59 Å². The standard InChI is InChI=1S/C12H24N2O3/c1-5-8(4)10(13)11(15)14-9(12(16)17)6-7(2)3/h7-10H,5-6,13H2,1-4H3,(H,14,15)(H,16,17)/t8-,9-,10-/m0/s1/i2+1,3+1,6+1,7+1,9+1,12+1,14+1. The number of aliphatic carboxylic acids is 1. The van der Waals surface area contributed by atoms with Crippen LogP contribution in [0.5, 0.6) is 0 Å². The Hall–Kier alpha value is -1.10. The summed E-state index contributed by atoms with van der Waals surface area (Å²) in [6.07, 6.45) is 1.20. The number of nitrogens with one attached hydrogen (secondary N) is 1. The van der Waals surface area contributed by atoms with Crippen molar-refractivity contribution in [3.8, 4) is 0 Å². The maximum atomic E-state index is 11.7. The lowest BCUT2D eigenvalue weighted by Gasteiger charge is -2.22. The van der Waals surface area contributed by atoms with E-state index in [0.717, 1.165) is 6.42 Å². The van der Waals surface area contributed by atoms with Crippen LogP contribution < -0.4 is 11.1 Å². The van der Waals surface area contributed by atoms with Gasteiger partial charge in [0.15, 0.2) is 0 Å². The van der Waals surface area contributed by atoms with E-state index in [0.29, 0.717) is 6.42 Å². The number of hydrogen-bond donors (Lipinski definition) is 3. The molecule has 0 aliphatic heterocycles. The van der Waals surface area contributed by atoms with Gasteiger partial charge in [-0.2, -0.15) is 0 Å². The summed E-state index contributed by atoms with van der Waals surface area (Å²) in [5, 5.41) is 11.5. The van der Waals surface area contributed by atoms with Gasteiger partial charge >= 0.3 is 5.97 Å².